The molecular formula is C32H31FN4O3. The number of halogens is 1. The summed E-state index contributed by atoms with van der Waals surface area (Å²) < 4.78 is 14.7. The van der Waals surface area contributed by atoms with E-state index in [2.05, 4.69) is 11.4 Å². The van der Waals surface area contributed by atoms with Crippen LogP contribution in [0.15, 0.2) is 72.8 Å². The van der Waals surface area contributed by atoms with E-state index in [4.69, 9.17) is 0 Å². The molecule has 0 radical (unpaired) electrons. The summed E-state index contributed by atoms with van der Waals surface area (Å²) in [5.41, 5.74) is 1.64. The fraction of sp³-hybridized carbons (Fsp3) is 0.312. The number of nitrogens with one attached hydrogen (secondary N) is 1. The number of anilines is 1. The van der Waals surface area contributed by atoms with Crippen LogP contribution in [-0.4, -0.2) is 53.2 Å². The summed E-state index contributed by atoms with van der Waals surface area (Å²) in [4.78, 5) is 43.8. The molecule has 3 atom stereocenters. The number of fused-ring (bicyclic) bond motifs is 2. The SMILES string of the molecule is CC(C)C[C@@H](C(=O)N1C[C@]2(C[C@H]1C#N)C(=O)Nc1ccccc12)N(C)C(=O)c1ccc(F)c(-c2ccccc2)c1. The fourth-order valence-electron chi connectivity index (χ4n) is 5.89. The monoisotopic (exact) mass is 538 g/mol. The van der Waals surface area contributed by atoms with E-state index in [1.807, 2.05) is 44.2 Å². The molecule has 0 aromatic heterocycles. The second-order valence-electron chi connectivity index (χ2n) is 11.0. The summed E-state index contributed by atoms with van der Waals surface area (Å²) >= 11 is 0. The molecule has 2 aliphatic heterocycles. The number of nitrogens with zero attached hydrogens (tertiary/aromatic N) is 3. The average Bonchev–Trinajstić information content (AvgIpc) is 3.49. The third-order valence-corrected chi connectivity index (χ3v) is 7.98. The van der Waals surface area contributed by atoms with E-state index in [0.717, 1.165) is 5.56 Å². The lowest BCUT2D eigenvalue weighted by Crippen LogP contribution is -2.52. The van der Waals surface area contributed by atoms with Crippen LogP contribution in [0.2, 0.25) is 0 Å². The highest BCUT2D eigenvalue weighted by Crippen LogP contribution is 2.46. The molecular weight excluding hydrogens is 507 g/mol. The maximum Gasteiger partial charge on any atom is 0.254 e. The maximum absolute atomic E-state index is 14.7. The van der Waals surface area contributed by atoms with Crippen LogP contribution in [0, 0.1) is 23.1 Å². The minimum Gasteiger partial charge on any atom is -0.330 e. The highest BCUT2D eigenvalue weighted by Gasteiger charge is 2.56. The Labute approximate surface area is 233 Å². The standard InChI is InChI=1S/C32H31FN4O3/c1-20(2)15-28(36(3)29(38)22-13-14-26(33)24(16-22)21-9-5-4-6-10-21)30(39)37-19-32(17-23(37)18-34)25-11-7-8-12-27(25)35-31(32)40/h4-14,16,20,23,28H,15,17,19H2,1-3H3,(H,35,40)/t23-,28-,32-/m0/s1. The maximum atomic E-state index is 14.7. The van der Waals surface area contributed by atoms with Gasteiger partial charge in [0.15, 0.2) is 0 Å². The van der Waals surface area contributed by atoms with Gasteiger partial charge in [0.25, 0.3) is 5.91 Å². The number of para-hydroxylation sites is 1. The van der Waals surface area contributed by atoms with Crippen molar-refractivity contribution < 1.29 is 18.8 Å². The Bertz CT molecular complexity index is 1520. The van der Waals surface area contributed by atoms with Crippen LogP contribution in [-0.2, 0) is 15.0 Å². The van der Waals surface area contributed by atoms with Crippen molar-refractivity contribution in [2.24, 2.45) is 5.92 Å². The first-order valence-corrected chi connectivity index (χ1v) is 13.4. The third kappa shape index (κ3) is 4.62. The lowest BCUT2D eigenvalue weighted by Gasteiger charge is -2.33. The van der Waals surface area contributed by atoms with E-state index in [-0.39, 0.29) is 36.3 Å². The highest BCUT2D eigenvalue weighted by molar-refractivity contribution is 6.07. The predicted octanol–water partition coefficient (Wildman–Crippen LogP) is 4.99. The van der Waals surface area contributed by atoms with Gasteiger partial charge < -0.3 is 15.1 Å². The molecule has 2 heterocycles. The molecule has 1 fully saturated rings. The molecule has 3 aromatic rings. The second-order valence-corrected chi connectivity index (χ2v) is 11.0. The van der Waals surface area contributed by atoms with Gasteiger partial charge in [0, 0.05) is 36.8 Å². The third-order valence-electron chi connectivity index (χ3n) is 7.98. The van der Waals surface area contributed by atoms with Crippen molar-refractivity contribution in [3.05, 3.63) is 89.7 Å². The van der Waals surface area contributed by atoms with Gasteiger partial charge in [0.2, 0.25) is 11.8 Å². The lowest BCUT2D eigenvalue weighted by molar-refractivity contribution is -0.136. The summed E-state index contributed by atoms with van der Waals surface area (Å²) in [7, 11) is 1.56. The minimum absolute atomic E-state index is 0.0538. The molecule has 40 heavy (non-hydrogen) atoms. The number of likely N-dealkylation sites (N-methyl/N-ethyl adjacent to an activating group) is 1. The Morgan fingerprint density at radius 2 is 1.82 bits per heavy atom. The van der Waals surface area contributed by atoms with Crippen LogP contribution in [0.4, 0.5) is 10.1 Å². The summed E-state index contributed by atoms with van der Waals surface area (Å²) in [6, 6.07) is 21.0. The first-order chi connectivity index (χ1) is 19.2. The van der Waals surface area contributed by atoms with Crippen molar-refractivity contribution in [3.8, 4) is 17.2 Å². The number of amides is 3. The van der Waals surface area contributed by atoms with Crippen LogP contribution in [0.5, 0.6) is 0 Å². The van der Waals surface area contributed by atoms with Crippen molar-refractivity contribution in [1.82, 2.24) is 9.80 Å². The molecule has 1 N–H and O–H groups in total. The molecule has 8 heteroatoms. The predicted molar refractivity (Wildman–Crippen MR) is 150 cm³/mol. The van der Waals surface area contributed by atoms with Gasteiger partial charge >= 0.3 is 0 Å². The average molecular weight is 539 g/mol. The molecule has 3 amide bonds. The summed E-state index contributed by atoms with van der Waals surface area (Å²) in [5, 5.41) is 12.9. The van der Waals surface area contributed by atoms with E-state index in [0.29, 0.717) is 23.2 Å². The zero-order chi connectivity index (χ0) is 28.6. The number of hydrogen-bond acceptors (Lipinski definition) is 4. The Morgan fingerprint density at radius 3 is 2.52 bits per heavy atom. The van der Waals surface area contributed by atoms with Gasteiger partial charge in [-0.05, 0) is 47.7 Å². The van der Waals surface area contributed by atoms with Crippen molar-refractivity contribution in [1.29, 1.82) is 5.26 Å². The molecule has 1 saturated heterocycles. The van der Waals surface area contributed by atoms with E-state index >= 15 is 0 Å². The van der Waals surface area contributed by atoms with E-state index in [9.17, 15) is 24.0 Å². The van der Waals surface area contributed by atoms with Crippen LogP contribution in [0.3, 0.4) is 0 Å². The van der Waals surface area contributed by atoms with Gasteiger partial charge in [-0.25, -0.2) is 4.39 Å². The van der Waals surface area contributed by atoms with Gasteiger partial charge in [0.05, 0.1) is 11.5 Å². The molecule has 0 saturated carbocycles. The minimum atomic E-state index is -1.01. The van der Waals surface area contributed by atoms with E-state index in [1.165, 1.54) is 28.0 Å². The zero-order valence-electron chi connectivity index (χ0n) is 22.7. The zero-order valence-corrected chi connectivity index (χ0v) is 22.7. The van der Waals surface area contributed by atoms with Crippen molar-refractivity contribution in [3.63, 3.8) is 0 Å². The lowest BCUT2D eigenvalue weighted by atomic mass is 9.80. The van der Waals surface area contributed by atoms with Gasteiger partial charge in [-0.2, -0.15) is 5.26 Å². The molecule has 1 spiro atoms. The molecule has 0 unspecified atom stereocenters. The smallest absolute Gasteiger partial charge is 0.254 e. The summed E-state index contributed by atoms with van der Waals surface area (Å²) in [5.74, 6) is -1.42. The highest BCUT2D eigenvalue weighted by atomic mass is 19.1. The van der Waals surface area contributed by atoms with Gasteiger partial charge in [-0.15, -0.1) is 0 Å². The normalized spacial score (nSPS) is 20.2. The first kappa shape index (κ1) is 27.1. The molecule has 2 aliphatic rings. The second kappa shape index (κ2) is 10.6. The molecule has 204 valence electrons. The van der Waals surface area contributed by atoms with Crippen molar-refractivity contribution in [2.45, 2.75) is 44.2 Å². The summed E-state index contributed by atoms with van der Waals surface area (Å²) in [6.45, 7) is 3.97. The molecule has 3 aromatic carbocycles. The quantitative estimate of drug-likeness (QED) is 0.478. The molecule has 0 bridgehead atoms. The molecule has 0 aliphatic carbocycles. The largest absolute Gasteiger partial charge is 0.330 e. The number of nitriles is 1. The molecule has 7 nitrogen and oxygen atoms in total. The van der Waals surface area contributed by atoms with Gasteiger partial charge in [0.1, 0.15) is 17.9 Å². The summed E-state index contributed by atoms with van der Waals surface area (Å²) in [6.07, 6.45) is 0.542. The van der Waals surface area contributed by atoms with Gasteiger partial charge in [-0.3, -0.25) is 14.4 Å². The first-order valence-electron chi connectivity index (χ1n) is 13.4. The Kier molecular flexibility index (Phi) is 7.16. The van der Waals surface area contributed by atoms with E-state index < -0.39 is 29.2 Å². The number of carbonyl (C=O) groups excluding carboxylic acids is 3. The number of carbonyl (C=O) groups is 3. The van der Waals surface area contributed by atoms with Crippen LogP contribution in [0.25, 0.3) is 11.1 Å². The number of likely N-dealkylation sites (tertiary alicyclic amines) is 1. The van der Waals surface area contributed by atoms with Crippen molar-refractivity contribution >= 4 is 23.4 Å². The van der Waals surface area contributed by atoms with Crippen LogP contribution in [0.1, 0.15) is 42.6 Å². The van der Waals surface area contributed by atoms with Crippen molar-refractivity contribution in [2.75, 3.05) is 18.9 Å². The van der Waals surface area contributed by atoms with E-state index in [1.54, 1.807) is 31.3 Å². The Hall–Kier alpha value is -4.51. The number of hydrogen-bond donors (Lipinski definition) is 1. The van der Waals surface area contributed by atoms with Crippen LogP contribution < -0.4 is 5.32 Å². The Balaban J connectivity index is 1.45. The topological polar surface area (TPSA) is 93.5 Å². The molecule has 5 rings (SSSR count). The Morgan fingerprint density at radius 1 is 1.12 bits per heavy atom. The number of rotatable bonds is 6. The number of benzene rings is 3. The van der Waals surface area contributed by atoms with Crippen LogP contribution >= 0.6 is 0 Å². The van der Waals surface area contributed by atoms with Gasteiger partial charge in [-0.1, -0.05) is 62.4 Å². The fourth-order valence-corrected chi connectivity index (χ4v) is 5.89.